The van der Waals surface area contributed by atoms with Gasteiger partial charge in [-0.2, -0.15) is 0 Å². The first-order valence-electron chi connectivity index (χ1n) is 8.49. The third kappa shape index (κ3) is 3.19. The monoisotopic (exact) mass is 331 g/mol. The van der Waals surface area contributed by atoms with E-state index in [2.05, 4.69) is 51.6 Å². The van der Waals surface area contributed by atoms with Gasteiger partial charge in [0.25, 0.3) is 0 Å². The molecular formula is C20H21N5. The zero-order valence-corrected chi connectivity index (χ0v) is 14.4. The molecule has 0 saturated heterocycles. The summed E-state index contributed by atoms with van der Waals surface area (Å²) in [7, 11) is 0. The van der Waals surface area contributed by atoms with E-state index < -0.39 is 0 Å². The van der Waals surface area contributed by atoms with Gasteiger partial charge in [0, 0.05) is 18.3 Å². The first-order chi connectivity index (χ1) is 12.2. The smallest absolute Gasteiger partial charge is 0.167 e. The second-order valence-electron chi connectivity index (χ2n) is 6.27. The van der Waals surface area contributed by atoms with Crippen molar-refractivity contribution in [3.63, 3.8) is 0 Å². The van der Waals surface area contributed by atoms with Crippen molar-refractivity contribution >= 4 is 10.9 Å². The quantitative estimate of drug-likeness (QED) is 0.583. The number of fused-ring (bicyclic) bond motifs is 1. The van der Waals surface area contributed by atoms with Crippen molar-refractivity contribution in [2.45, 2.75) is 26.4 Å². The third-order valence-corrected chi connectivity index (χ3v) is 4.40. The van der Waals surface area contributed by atoms with Crippen molar-refractivity contribution in [2.24, 2.45) is 0 Å². The Hall–Kier alpha value is -2.92. The molecule has 2 aromatic carbocycles. The lowest BCUT2D eigenvalue weighted by atomic mass is 10.1. The maximum absolute atomic E-state index is 4.67. The Morgan fingerprint density at radius 2 is 1.96 bits per heavy atom. The van der Waals surface area contributed by atoms with Gasteiger partial charge in [0.1, 0.15) is 5.82 Å². The second-order valence-corrected chi connectivity index (χ2v) is 6.27. The topological polar surface area (TPSA) is 58.5 Å². The van der Waals surface area contributed by atoms with Crippen LogP contribution in [0.1, 0.15) is 30.2 Å². The summed E-state index contributed by atoms with van der Waals surface area (Å²) in [5.74, 6) is 1.70. The molecule has 1 atom stereocenters. The van der Waals surface area contributed by atoms with Crippen LogP contribution < -0.4 is 5.32 Å². The highest BCUT2D eigenvalue weighted by molar-refractivity contribution is 5.79. The molecule has 1 unspecified atom stereocenters. The molecule has 0 spiro atoms. The summed E-state index contributed by atoms with van der Waals surface area (Å²) in [4.78, 5) is 7.84. The minimum atomic E-state index is 0.0746. The minimum Gasteiger partial charge on any atom is -0.361 e. The number of nitrogens with one attached hydrogen (secondary N) is 2. The molecule has 0 aliphatic heterocycles. The summed E-state index contributed by atoms with van der Waals surface area (Å²) in [6.07, 6.45) is 1.97. The van der Waals surface area contributed by atoms with Crippen LogP contribution in [-0.4, -0.2) is 19.7 Å². The predicted octanol–water partition coefficient (Wildman–Crippen LogP) is 3.91. The zero-order chi connectivity index (χ0) is 17.2. The van der Waals surface area contributed by atoms with E-state index in [1.54, 1.807) is 0 Å². The van der Waals surface area contributed by atoms with Gasteiger partial charge in [-0.3, -0.25) is 0 Å². The summed E-state index contributed by atoms with van der Waals surface area (Å²) < 4.78 is 1.89. The molecule has 0 amide bonds. The molecule has 5 nitrogen and oxygen atoms in total. The van der Waals surface area contributed by atoms with Crippen molar-refractivity contribution in [1.29, 1.82) is 0 Å². The van der Waals surface area contributed by atoms with E-state index in [4.69, 9.17) is 0 Å². The summed E-state index contributed by atoms with van der Waals surface area (Å²) >= 11 is 0. The third-order valence-electron chi connectivity index (χ3n) is 4.40. The van der Waals surface area contributed by atoms with Crippen molar-refractivity contribution in [3.05, 3.63) is 78.0 Å². The molecule has 25 heavy (non-hydrogen) atoms. The fourth-order valence-electron chi connectivity index (χ4n) is 2.98. The number of aromatic nitrogens is 4. The Morgan fingerprint density at radius 1 is 1.12 bits per heavy atom. The SMILES string of the molecule is Cc1nc(C(C)NCc2ccc3[nH]ccc3c2)nn1-c1ccccc1. The molecule has 2 heterocycles. The highest BCUT2D eigenvalue weighted by Crippen LogP contribution is 2.16. The number of hydrogen-bond donors (Lipinski definition) is 2. The van der Waals surface area contributed by atoms with Crippen LogP contribution in [0.2, 0.25) is 0 Å². The Morgan fingerprint density at radius 3 is 2.80 bits per heavy atom. The van der Waals surface area contributed by atoms with Gasteiger partial charge in [0.2, 0.25) is 0 Å². The number of nitrogens with zero attached hydrogens (tertiary/aromatic N) is 3. The number of benzene rings is 2. The van der Waals surface area contributed by atoms with Crippen LogP contribution in [0.4, 0.5) is 0 Å². The molecule has 0 fully saturated rings. The zero-order valence-electron chi connectivity index (χ0n) is 14.4. The van der Waals surface area contributed by atoms with E-state index in [1.807, 2.05) is 48.1 Å². The van der Waals surface area contributed by atoms with Crippen LogP contribution in [0.25, 0.3) is 16.6 Å². The molecule has 0 aliphatic carbocycles. The van der Waals surface area contributed by atoms with Crippen LogP contribution in [-0.2, 0) is 6.54 Å². The van der Waals surface area contributed by atoms with E-state index in [-0.39, 0.29) is 6.04 Å². The van der Waals surface area contributed by atoms with E-state index in [0.29, 0.717) is 0 Å². The maximum Gasteiger partial charge on any atom is 0.167 e. The van der Waals surface area contributed by atoms with E-state index >= 15 is 0 Å². The molecule has 0 saturated carbocycles. The van der Waals surface area contributed by atoms with Crippen molar-refractivity contribution in [2.75, 3.05) is 0 Å². The molecule has 0 aliphatic rings. The number of aromatic amines is 1. The molecular weight excluding hydrogens is 310 g/mol. The predicted molar refractivity (Wildman–Crippen MR) is 99.6 cm³/mol. The average Bonchev–Trinajstić information content (AvgIpc) is 3.26. The normalized spacial score (nSPS) is 12.6. The van der Waals surface area contributed by atoms with E-state index in [1.165, 1.54) is 10.9 Å². The van der Waals surface area contributed by atoms with Gasteiger partial charge in [-0.1, -0.05) is 24.3 Å². The van der Waals surface area contributed by atoms with Gasteiger partial charge in [-0.25, -0.2) is 9.67 Å². The van der Waals surface area contributed by atoms with Crippen molar-refractivity contribution in [3.8, 4) is 5.69 Å². The summed E-state index contributed by atoms with van der Waals surface area (Å²) in [5, 5.41) is 9.42. The number of rotatable bonds is 5. The lowest BCUT2D eigenvalue weighted by Crippen LogP contribution is -2.19. The molecule has 4 rings (SSSR count). The molecule has 5 heteroatoms. The lowest BCUT2D eigenvalue weighted by Gasteiger charge is -2.10. The van der Waals surface area contributed by atoms with Gasteiger partial charge < -0.3 is 10.3 Å². The fourth-order valence-corrected chi connectivity index (χ4v) is 2.98. The molecule has 0 bridgehead atoms. The average molecular weight is 331 g/mol. The first-order valence-corrected chi connectivity index (χ1v) is 8.49. The summed E-state index contributed by atoms with van der Waals surface area (Å²) in [6.45, 7) is 4.86. The number of hydrogen-bond acceptors (Lipinski definition) is 3. The summed E-state index contributed by atoms with van der Waals surface area (Å²) in [5.41, 5.74) is 3.44. The van der Waals surface area contributed by atoms with Crippen LogP contribution in [0, 0.1) is 6.92 Å². The molecule has 0 radical (unpaired) electrons. The highest BCUT2D eigenvalue weighted by atomic mass is 15.4. The Bertz CT molecular complexity index is 984. The van der Waals surface area contributed by atoms with Gasteiger partial charge in [-0.15, -0.1) is 5.10 Å². The van der Waals surface area contributed by atoms with Crippen LogP contribution >= 0.6 is 0 Å². The van der Waals surface area contributed by atoms with E-state index in [9.17, 15) is 0 Å². The lowest BCUT2D eigenvalue weighted by molar-refractivity contribution is 0.545. The standard InChI is InChI=1S/C20H21N5/c1-14(22-13-16-8-9-19-17(12-16)10-11-21-19)20-23-15(2)25(24-20)18-6-4-3-5-7-18/h3-12,14,21-22H,13H2,1-2H3. The number of aryl methyl sites for hydroxylation is 1. The number of H-pyrrole nitrogens is 1. The molecule has 4 aromatic rings. The van der Waals surface area contributed by atoms with Crippen LogP contribution in [0.15, 0.2) is 60.8 Å². The van der Waals surface area contributed by atoms with Gasteiger partial charge in [-0.05, 0) is 55.1 Å². The largest absolute Gasteiger partial charge is 0.361 e. The Balaban J connectivity index is 1.48. The van der Waals surface area contributed by atoms with Crippen molar-refractivity contribution in [1.82, 2.24) is 25.1 Å². The van der Waals surface area contributed by atoms with Gasteiger partial charge >= 0.3 is 0 Å². The molecule has 2 aromatic heterocycles. The van der Waals surface area contributed by atoms with Crippen molar-refractivity contribution < 1.29 is 0 Å². The Labute approximate surface area is 146 Å². The maximum atomic E-state index is 4.67. The fraction of sp³-hybridized carbons (Fsp3) is 0.200. The summed E-state index contributed by atoms with van der Waals surface area (Å²) in [6, 6.07) is 18.7. The first kappa shape index (κ1) is 15.6. The molecule has 126 valence electrons. The Kier molecular flexibility index (Phi) is 4.07. The van der Waals surface area contributed by atoms with Gasteiger partial charge in [0.05, 0.1) is 11.7 Å². The minimum absolute atomic E-state index is 0.0746. The molecule has 2 N–H and O–H groups in total. The second kappa shape index (κ2) is 6.53. The van der Waals surface area contributed by atoms with E-state index in [0.717, 1.165) is 29.4 Å². The highest BCUT2D eigenvalue weighted by Gasteiger charge is 2.14. The van der Waals surface area contributed by atoms with Crippen LogP contribution in [0.5, 0.6) is 0 Å². The van der Waals surface area contributed by atoms with Crippen LogP contribution in [0.3, 0.4) is 0 Å². The number of para-hydroxylation sites is 1. The van der Waals surface area contributed by atoms with Gasteiger partial charge in [0.15, 0.2) is 5.82 Å².